The summed E-state index contributed by atoms with van der Waals surface area (Å²) in [5.41, 5.74) is 1.48. The fourth-order valence-corrected chi connectivity index (χ4v) is 2.81. The molecule has 0 saturated carbocycles. The van der Waals surface area contributed by atoms with Crippen LogP contribution in [0.3, 0.4) is 0 Å². The van der Waals surface area contributed by atoms with Crippen molar-refractivity contribution in [1.82, 2.24) is 16.0 Å². The van der Waals surface area contributed by atoms with E-state index in [1.807, 2.05) is 45.0 Å². The van der Waals surface area contributed by atoms with E-state index in [4.69, 9.17) is 28.4 Å². The number of methoxy groups -OCH3 is 1. The fourth-order valence-electron chi connectivity index (χ4n) is 2.81. The van der Waals surface area contributed by atoms with Crippen molar-refractivity contribution in [3.8, 4) is 0 Å². The summed E-state index contributed by atoms with van der Waals surface area (Å²) in [6, 6.07) is 7.78. The molecule has 0 spiro atoms. The topological polar surface area (TPSA) is 126 Å². The van der Waals surface area contributed by atoms with Gasteiger partial charge in [-0.1, -0.05) is 24.3 Å². The average molecular weight is 528 g/mol. The van der Waals surface area contributed by atoms with Crippen LogP contribution in [0.4, 0.5) is 4.79 Å². The Morgan fingerprint density at radius 3 is 1.70 bits per heavy atom. The smallest absolute Gasteiger partial charge is 0.407 e. The second-order valence-corrected chi connectivity index (χ2v) is 9.07. The number of benzene rings is 1. The molecule has 0 aliphatic heterocycles. The molecule has 2 amide bonds. The molecule has 1 aromatic carbocycles. The van der Waals surface area contributed by atoms with Crippen molar-refractivity contribution < 1.29 is 38.0 Å². The minimum atomic E-state index is -0.523. The number of hydrogen-bond donors (Lipinski definition) is 3. The van der Waals surface area contributed by atoms with Crippen LogP contribution in [0.1, 0.15) is 31.9 Å². The fraction of sp³-hybridized carbons (Fsp3) is 0.692. The van der Waals surface area contributed by atoms with Gasteiger partial charge in [-0.3, -0.25) is 4.79 Å². The van der Waals surface area contributed by atoms with E-state index in [0.29, 0.717) is 79.1 Å². The van der Waals surface area contributed by atoms with Crippen molar-refractivity contribution in [1.29, 1.82) is 0 Å². The maximum absolute atomic E-state index is 11.9. The summed E-state index contributed by atoms with van der Waals surface area (Å²) in [5.74, 6) is -0.0959. The van der Waals surface area contributed by atoms with E-state index in [1.54, 1.807) is 7.11 Å². The largest absolute Gasteiger partial charge is 0.444 e. The highest BCUT2D eigenvalue weighted by atomic mass is 16.6. The molecule has 0 bridgehead atoms. The third kappa shape index (κ3) is 20.5. The van der Waals surface area contributed by atoms with Crippen LogP contribution in [0.25, 0.3) is 0 Å². The van der Waals surface area contributed by atoms with Gasteiger partial charge in [-0.2, -0.15) is 0 Å². The van der Waals surface area contributed by atoms with E-state index in [0.717, 1.165) is 11.1 Å². The first kappa shape index (κ1) is 32.7. The molecule has 11 nitrogen and oxygen atoms in total. The molecule has 0 aromatic heterocycles. The lowest BCUT2D eigenvalue weighted by Gasteiger charge is -2.19. The molecule has 1 aromatic rings. The van der Waals surface area contributed by atoms with Gasteiger partial charge in [0.15, 0.2) is 0 Å². The first-order valence-corrected chi connectivity index (χ1v) is 12.6. The van der Waals surface area contributed by atoms with Crippen LogP contribution in [0, 0.1) is 0 Å². The van der Waals surface area contributed by atoms with Gasteiger partial charge in [0.25, 0.3) is 0 Å². The van der Waals surface area contributed by atoms with Crippen molar-refractivity contribution in [2.75, 3.05) is 79.7 Å². The molecule has 212 valence electrons. The highest BCUT2D eigenvalue weighted by Gasteiger charge is 2.15. The summed E-state index contributed by atoms with van der Waals surface area (Å²) >= 11 is 0. The first-order chi connectivity index (χ1) is 17.8. The Kier molecular flexibility index (Phi) is 18.4. The number of carbonyl (C=O) groups is 2. The van der Waals surface area contributed by atoms with Gasteiger partial charge in [0.1, 0.15) is 5.60 Å². The first-order valence-electron chi connectivity index (χ1n) is 12.6. The maximum Gasteiger partial charge on any atom is 0.407 e. The third-order valence-electron chi connectivity index (χ3n) is 4.59. The normalized spacial score (nSPS) is 11.4. The van der Waals surface area contributed by atoms with Crippen molar-refractivity contribution in [3.05, 3.63) is 35.4 Å². The standard InChI is InChI=1S/C26H45N3O8/c1-26(2,3)37-25(31)29-20-23-7-5-22(6-8-23)19-27-21-24(30)28-9-10-33-13-14-35-17-18-36-16-15-34-12-11-32-4/h5-8,27H,9-21H2,1-4H3,(H,28,30)(H,29,31). The van der Waals surface area contributed by atoms with Crippen LogP contribution >= 0.6 is 0 Å². The van der Waals surface area contributed by atoms with E-state index >= 15 is 0 Å². The minimum Gasteiger partial charge on any atom is -0.444 e. The van der Waals surface area contributed by atoms with Gasteiger partial charge < -0.3 is 44.4 Å². The number of amides is 2. The summed E-state index contributed by atoms with van der Waals surface area (Å²) in [4.78, 5) is 23.7. The monoisotopic (exact) mass is 527 g/mol. The van der Waals surface area contributed by atoms with Crippen LogP contribution in [0.5, 0.6) is 0 Å². The van der Waals surface area contributed by atoms with Gasteiger partial charge in [-0.15, -0.1) is 0 Å². The summed E-state index contributed by atoms with van der Waals surface area (Å²) < 4.78 is 31.6. The van der Waals surface area contributed by atoms with E-state index in [9.17, 15) is 9.59 Å². The summed E-state index contributed by atoms with van der Waals surface area (Å²) in [7, 11) is 1.64. The molecule has 11 heteroatoms. The Labute approximate surface area is 220 Å². The SMILES string of the molecule is COCCOCCOCCOCCOCCNC(=O)CNCc1ccc(CNC(=O)OC(C)(C)C)cc1. The van der Waals surface area contributed by atoms with Crippen LogP contribution < -0.4 is 16.0 Å². The van der Waals surface area contributed by atoms with E-state index < -0.39 is 11.7 Å². The predicted octanol–water partition coefficient (Wildman–Crippen LogP) is 1.63. The number of rotatable bonds is 21. The van der Waals surface area contributed by atoms with Gasteiger partial charge in [0, 0.05) is 26.7 Å². The van der Waals surface area contributed by atoms with E-state index in [1.165, 1.54) is 0 Å². The molecule has 0 atom stereocenters. The van der Waals surface area contributed by atoms with Gasteiger partial charge >= 0.3 is 6.09 Å². The Hall–Kier alpha value is -2.28. The zero-order valence-electron chi connectivity index (χ0n) is 22.8. The van der Waals surface area contributed by atoms with Gasteiger partial charge in [0.2, 0.25) is 5.91 Å². The van der Waals surface area contributed by atoms with E-state index in [-0.39, 0.29) is 12.5 Å². The molecular formula is C26H45N3O8. The van der Waals surface area contributed by atoms with Crippen molar-refractivity contribution in [3.63, 3.8) is 0 Å². The quantitative estimate of drug-likeness (QED) is 0.205. The lowest BCUT2D eigenvalue weighted by atomic mass is 10.1. The number of alkyl carbamates (subject to hydrolysis) is 1. The molecule has 0 radical (unpaired) electrons. The Bertz CT molecular complexity index is 726. The van der Waals surface area contributed by atoms with Crippen molar-refractivity contribution >= 4 is 12.0 Å². The molecule has 37 heavy (non-hydrogen) atoms. The zero-order valence-corrected chi connectivity index (χ0v) is 22.8. The number of ether oxygens (including phenoxy) is 6. The predicted molar refractivity (Wildman–Crippen MR) is 139 cm³/mol. The van der Waals surface area contributed by atoms with Crippen LogP contribution in [0.15, 0.2) is 24.3 Å². The molecule has 0 saturated heterocycles. The average Bonchev–Trinajstić information content (AvgIpc) is 2.85. The maximum atomic E-state index is 11.9. The number of hydrogen-bond acceptors (Lipinski definition) is 9. The molecule has 0 aliphatic rings. The highest BCUT2D eigenvalue weighted by Crippen LogP contribution is 2.08. The second kappa shape index (κ2) is 20.7. The Balaban J connectivity index is 1.94. The Morgan fingerprint density at radius 2 is 1.19 bits per heavy atom. The van der Waals surface area contributed by atoms with Crippen LogP contribution in [-0.2, 0) is 46.3 Å². The summed E-state index contributed by atoms with van der Waals surface area (Å²) in [6.45, 7) is 11.6. The van der Waals surface area contributed by atoms with Gasteiger partial charge in [0.05, 0.1) is 66.0 Å². The third-order valence-corrected chi connectivity index (χ3v) is 4.59. The van der Waals surface area contributed by atoms with E-state index in [2.05, 4.69) is 16.0 Å². The van der Waals surface area contributed by atoms with Gasteiger partial charge in [-0.25, -0.2) is 4.79 Å². The highest BCUT2D eigenvalue weighted by molar-refractivity contribution is 5.77. The molecule has 1 rings (SSSR count). The summed E-state index contributed by atoms with van der Waals surface area (Å²) in [6.07, 6.45) is -0.444. The lowest BCUT2D eigenvalue weighted by molar-refractivity contribution is -0.120. The molecule has 0 fully saturated rings. The van der Waals surface area contributed by atoms with Crippen molar-refractivity contribution in [2.24, 2.45) is 0 Å². The number of nitrogens with one attached hydrogen (secondary N) is 3. The molecular weight excluding hydrogens is 482 g/mol. The second-order valence-electron chi connectivity index (χ2n) is 9.07. The Morgan fingerprint density at radius 1 is 0.703 bits per heavy atom. The summed E-state index contributed by atoms with van der Waals surface area (Å²) in [5, 5.41) is 8.65. The van der Waals surface area contributed by atoms with Crippen molar-refractivity contribution in [2.45, 2.75) is 39.5 Å². The molecule has 0 unspecified atom stereocenters. The molecule has 3 N–H and O–H groups in total. The zero-order chi connectivity index (χ0) is 27.2. The molecule has 0 aliphatic carbocycles. The van der Waals surface area contributed by atoms with Crippen LogP contribution in [0.2, 0.25) is 0 Å². The van der Waals surface area contributed by atoms with Crippen LogP contribution in [-0.4, -0.2) is 97.3 Å². The molecule has 0 heterocycles. The minimum absolute atomic E-state index is 0.0959. The lowest BCUT2D eigenvalue weighted by Crippen LogP contribution is -2.35. The van der Waals surface area contributed by atoms with Gasteiger partial charge in [-0.05, 0) is 31.9 Å². The number of carbonyl (C=O) groups excluding carboxylic acids is 2.